The summed E-state index contributed by atoms with van der Waals surface area (Å²) in [5.74, 6) is 5.93. The average molecular weight is 262 g/mol. The first-order valence-electron chi connectivity index (χ1n) is 5.75. The highest BCUT2D eigenvalue weighted by Crippen LogP contribution is 2.24. The van der Waals surface area contributed by atoms with Crippen molar-refractivity contribution in [2.45, 2.75) is 13.0 Å². The number of hydrogen-bond donors (Lipinski definition) is 2. The minimum atomic E-state index is -0.439. The number of benzene rings is 1. The fraction of sp³-hybridized carbons (Fsp3) is 0.231. The maximum atomic E-state index is 13.7. The number of hydrogen-bond acceptors (Lipinski definition) is 5. The van der Waals surface area contributed by atoms with Crippen molar-refractivity contribution in [2.75, 3.05) is 7.11 Å². The van der Waals surface area contributed by atoms with E-state index in [0.29, 0.717) is 17.1 Å². The molecule has 0 saturated carbocycles. The molecule has 5 nitrogen and oxygen atoms in total. The van der Waals surface area contributed by atoms with Crippen LogP contribution in [0.1, 0.15) is 23.1 Å². The predicted molar refractivity (Wildman–Crippen MR) is 68.9 cm³/mol. The van der Waals surface area contributed by atoms with Gasteiger partial charge in [-0.2, -0.15) is 0 Å². The number of halogens is 1. The molecule has 0 aliphatic carbocycles. The summed E-state index contributed by atoms with van der Waals surface area (Å²) in [6.45, 7) is 1.78. The molecule has 1 atom stereocenters. The van der Waals surface area contributed by atoms with E-state index < -0.39 is 11.9 Å². The minimum absolute atomic E-state index is 0.193. The van der Waals surface area contributed by atoms with Crippen molar-refractivity contribution in [1.82, 2.24) is 15.4 Å². The standard InChI is InChI=1S/C13H15FN4O/c1-8-16-6-5-11(17-8)13(18-15)9-3-4-12(19-2)10(14)7-9/h3-7,13,18H,15H2,1-2H3. The van der Waals surface area contributed by atoms with Crippen molar-refractivity contribution >= 4 is 0 Å². The van der Waals surface area contributed by atoms with Crippen LogP contribution in [-0.4, -0.2) is 17.1 Å². The second kappa shape index (κ2) is 5.73. The van der Waals surface area contributed by atoms with Crippen LogP contribution in [0.3, 0.4) is 0 Å². The van der Waals surface area contributed by atoms with E-state index in [1.54, 1.807) is 31.3 Å². The van der Waals surface area contributed by atoms with Gasteiger partial charge in [-0.25, -0.2) is 19.8 Å². The Morgan fingerprint density at radius 2 is 2.16 bits per heavy atom. The Kier molecular flexibility index (Phi) is 4.03. The second-order valence-corrected chi connectivity index (χ2v) is 4.02. The van der Waals surface area contributed by atoms with E-state index in [4.69, 9.17) is 10.6 Å². The first kappa shape index (κ1) is 13.4. The molecule has 1 unspecified atom stereocenters. The lowest BCUT2D eigenvalue weighted by Crippen LogP contribution is -2.29. The molecular weight excluding hydrogens is 247 g/mol. The number of nitrogens with zero attached hydrogens (tertiary/aromatic N) is 2. The summed E-state index contributed by atoms with van der Waals surface area (Å²) in [4.78, 5) is 8.31. The SMILES string of the molecule is COc1ccc(C(NN)c2ccnc(C)n2)cc1F. The Balaban J connectivity index is 2.39. The maximum absolute atomic E-state index is 13.7. The van der Waals surface area contributed by atoms with Gasteiger partial charge >= 0.3 is 0 Å². The summed E-state index contributed by atoms with van der Waals surface area (Å²) < 4.78 is 18.6. The van der Waals surface area contributed by atoms with Crippen molar-refractivity contribution < 1.29 is 9.13 Å². The molecule has 1 heterocycles. The second-order valence-electron chi connectivity index (χ2n) is 4.02. The van der Waals surface area contributed by atoms with Crippen LogP contribution in [0.4, 0.5) is 4.39 Å². The van der Waals surface area contributed by atoms with E-state index in [1.807, 2.05) is 0 Å². The van der Waals surface area contributed by atoms with Crippen LogP contribution in [0, 0.1) is 12.7 Å². The zero-order chi connectivity index (χ0) is 13.8. The zero-order valence-electron chi connectivity index (χ0n) is 10.7. The lowest BCUT2D eigenvalue weighted by atomic mass is 10.0. The first-order chi connectivity index (χ1) is 9.15. The monoisotopic (exact) mass is 262 g/mol. The Morgan fingerprint density at radius 1 is 1.37 bits per heavy atom. The molecule has 0 spiro atoms. The molecule has 2 rings (SSSR count). The molecule has 0 fully saturated rings. The quantitative estimate of drug-likeness (QED) is 0.645. The maximum Gasteiger partial charge on any atom is 0.165 e. The van der Waals surface area contributed by atoms with E-state index in [0.717, 1.165) is 0 Å². The van der Waals surface area contributed by atoms with Gasteiger partial charge in [-0.15, -0.1) is 0 Å². The van der Waals surface area contributed by atoms with E-state index in [1.165, 1.54) is 13.2 Å². The molecule has 0 amide bonds. The summed E-state index contributed by atoms with van der Waals surface area (Å²) in [5, 5.41) is 0. The van der Waals surface area contributed by atoms with Gasteiger partial charge in [0.1, 0.15) is 5.82 Å². The molecule has 100 valence electrons. The number of hydrazine groups is 1. The van der Waals surface area contributed by atoms with Crippen molar-refractivity contribution in [1.29, 1.82) is 0 Å². The van der Waals surface area contributed by atoms with Crippen molar-refractivity contribution in [3.63, 3.8) is 0 Å². The molecule has 0 bridgehead atoms. The van der Waals surface area contributed by atoms with Gasteiger partial charge in [0.15, 0.2) is 11.6 Å². The number of methoxy groups -OCH3 is 1. The van der Waals surface area contributed by atoms with Crippen LogP contribution in [-0.2, 0) is 0 Å². The molecule has 1 aromatic heterocycles. The molecule has 3 N–H and O–H groups in total. The van der Waals surface area contributed by atoms with Crippen LogP contribution < -0.4 is 16.0 Å². The van der Waals surface area contributed by atoms with E-state index in [2.05, 4.69) is 15.4 Å². The first-order valence-corrected chi connectivity index (χ1v) is 5.75. The summed E-state index contributed by atoms with van der Waals surface area (Å²) in [5.41, 5.74) is 3.97. The number of nitrogens with one attached hydrogen (secondary N) is 1. The van der Waals surface area contributed by atoms with Gasteiger partial charge in [-0.1, -0.05) is 6.07 Å². The Bertz CT molecular complexity index is 576. The van der Waals surface area contributed by atoms with Gasteiger partial charge in [0.2, 0.25) is 0 Å². The van der Waals surface area contributed by atoms with Crippen LogP contribution in [0.5, 0.6) is 5.75 Å². The molecule has 0 aliphatic heterocycles. The smallest absolute Gasteiger partial charge is 0.165 e. The highest BCUT2D eigenvalue weighted by Gasteiger charge is 2.16. The third-order valence-corrected chi connectivity index (χ3v) is 2.77. The Labute approximate surface area is 110 Å². The van der Waals surface area contributed by atoms with Gasteiger partial charge in [0, 0.05) is 6.20 Å². The van der Waals surface area contributed by atoms with Crippen molar-refractivity contribution in [2.24, 2.45) is 5.84 Å². The van der Waals surface area contributed by atoms with E-state index in [9.17, 15) is 4.39 Å². The number of nitrogens with two attached hydrogens (primary N) is 1. The van der Waals surface area contributed by atoms with Crippen LogP contribution in [0.25, 0.3) is 0 Å². The number of ether oxygens (including phenoxy) is 1. The van der Waals surface area contributed by atoms with Crippen molar-refractivity contribution in [3.05, 3.63) is 53.4 Å². The van der Waals surface area contributed by atoms with Crippen molar-refractivity contribution in [3.8, 4) is 5.75 Å². The van der Waals surface area contributed by atoms with Gasteiger partial charge in [-0.05, 0) is 30.7 Å². The molecule has 19 heavy (non-hydrogen) atoms. The van der Waals surface area contributed by atoms with Crippen LogP contribution in [0.2, 0.25) is 0 Å². The normalized spacial score (nSPS) is 12.2. The number of aromatic nitrogens is 2. The lowest BCUT2D eigenvalue weighted by Gasteiger charge is -2.16. The Hall–Kier alpha value is -2.05. The summed E-state index contributed by atoms with van der Waals surface area (Å²) in [6, 6.07) is 6.01. The van der Waals surface area contributed by atoms with Crippen LogP contribution >= 0.6 is 0 Å². The largest absolute Gasteiger partial charge is 0.494 e. The average Bonchev–Trinajstić information content (AvgIpc) is 2.40. The molecule has 0 saturated heterocycles. The summed E-state index contributed by atoms with van der Waals surface area (Å²) in [7, 11) is 1.42. The fourth-order valence-corrected chi connectivity index (χ4v) is 1.85. The Morgan fingerprint density at radius 3 is 2.74 bits per heavy atom. The molecular formula is C13H15FN4O. The van der Waals surface area contributed by atoms with Gasteiger partial charge < -0.3 is 4.74 Å². The third-order valence-electron chi connectivity index (χ3n) is 2.77. The summed E-state index contributed by atoms with van der Waals surface area (Å²) >= 11 is 0. The van der Waals surface area contributed by atoms with E-state index >= 15 is 0 Å². The molecule has 2 aromatic rings. The van der Waals surface area contributed by atoms with Crippen LogP contribution in [0.15, 0.2) is 30.5 Å². The van der Waals surface area contributed by atoms with Gasteiger partial charge in [0.25, 0.3) is 0 Å². The van der Waals surface area contributed by atoms with E-state index in [-0.39, 0.29) is 5.75 Å². The molecule has 1 aromatic carbocycles. The zero-order valence-corrected chi connectivity index (χ0v) is 10.7. The lowest BCUT2D eigenvalue weighted by molar-refractivity contribution is 0.385. The number of rotatable bonds is 4. The van der Waals surface area contributed by atoms with Gasteiger partial charge in [0.05, 0.1) is 18.8 Å². The molecule has 6 heteroatoms. The summed E-state index contributed by atoms with van der Waals surface area (Å²) in [6.07, 6.45) is 1.64. The number of aryl methyl sites for hydroxylation is 1. The van der Waals surface area contributed by atoms with Gasteiger partial charge in [-0.3, -0.25) is 5.84 Å². The topological polar surface area (TPSA) is 73.1 Å². The molecule has 0 radical (unpaired) electrons. The minimum Gasteiger partial charge on any atom is -0.494 e. The highest BCUT2D eigenvalue weighted by molar-refractivity contribution is 5.34. The predicted octanol–water partition coefficient (Wildman–Crippen LogP) is 1.49. The molecule has 0 aliphatic rings. The third kappa shape index (κ3) is 2.86. The highest BCUT2D eigenvalue weighted by atomic mass is 19.1. The fourth-order valence-electron chi connectivity index (χ4n) is 1.85.